The van der Waals surface area contributed by atoms with Gasteiger partial charge in [0.05, 0.1) is 24.8 Å². The van der Waals surface area contributed by atoms with Crippen molar-refractivity contribution in [3.05, 3.63) is 29.5 Å². The summed E-state index contributed by atoms with van der Waals surface area (Å²) in [5, 5.41) is 6.21. The summed E-state index contributed by atoms with van der Waals surface area (Å²) < 4.78 is 8.76. The second-order valence-corrected chi connectivity index (χ2v) is 8.00. The standard InChI is InChI=1S/C16H22N4O2S2/c1-2-23-16-18-13(12-24-16)9-15(21)19-6-4-8-22-14(10-19)11-20-7-3-5-17-20/h3,5,7,12,14H,2,4,6,8-11H2,1H3. The molecule has 0 radical (unpaired) electrons. The Morgan fingerprint density at radius 2 is 2.46 bits per heavy atom. The van der Waals surface area contributed by atoms with Crippen LogP contribution >= 0.6 is 23.1 Å². The molecule has 0 aromatic carbocycles. The van der Waals surface area contributed by atoms with Crippen molar-refractivity contribution in [3.8, 4) is 0 Å². The van der Waals surface area contributed by atoms with E-state index < -0.39 is 0 Å². The van der Waals surface area contributed by atoms with Crippen LogP contribution in [0.2, 0.25) is 0 Å². The van der Waals surface area contributed by atoms with Gasteiger partial charge >= 0.3 is 0 Å². The van der Waals surface area contributed by atoms with Crippen molar-refractivity contribution >= 4 is 29.0 Å². The fraction of sp³-hybridized carbons (Fsp3) is 0.562. The van der Waals surface area contributed by atoms with Crippen molar-refractivity contribution in [2.75, 3.05) is 25.4 Å². The molecule has 1 unspecified atom stereocenters. The minimum absolute atomic E-state index is 0.0157. The van der Waals surface area contributed by atoms with Crippen LogP contribution < -0.4 is 0 Å². The van der Waals surface area contributed by atoms with Gasteiger partial charge in [0.25, 0.3) is 0 Å². The van der Waals surface area contributed by atoms with E-state index >= 15 is 0 Å². The highest BCUT2D eigenvalue weighted by Crippen LogP contribution is 2.22. The number of thioether (sulfide) groups is 1. The maximum absolute atomic E-state index is 12.6. The fourth-order valence-electron chi connectivity index (χ4n) is 2.68. The number of aromatic nitrogens is 3. The Hall–Kier alpha value is -1.38. The van der Waals surface area contributed by atoms with Gasteiger partial charge in [0.15, 0.2) is 0 Å². The predicted octanol–water partition coefficient (Wildman–Crippen LogP) is 2.31. The van der Waals surface area contributed by atoms with E-state index in [9.17, 15) is 4.79 Å². The molecule has 24 heavy (non-hydrogen) atoms. The van der Waals surface area contributed by atoms with Gasteiger partial charge in [-0.3, -0.25) is 9.48 Å². The predicted molar refractivity (Wildman–Crippen MR) is 95.4 cm³/mol. The van der Waals surface area contributed by atoms with E-state index in [4.69, 9.17) is 4.74 Å². The number of hydrogen-bond acceptors (Lipinski definition) is 6. The summed E-state index contributed by atoms with van der Waals surface area (Å²) in [5.41, 5.74) is 0.870. The topological polar surface area (TPSA) is 60.3 Å². The number of rotatable bonds is 6. The molecule has 0 N–H and O–H groups in total. The van der Waals surface area contributed by atoms with Gasteiger partial charge in [-0.05, 0) is 18.2 Å². The van der Waals surface area contributed by atoms with Crippen LogP contribution in [0.15, 0.2) is 28.2 Å². The van der Waals surface area contributed by atoms with Crippen molar-refractivity contribution in [2.24, 2.45) is 0 Å². The molecule has 1 fully saturated rings. The third-order valence-electron chi connectivity index (χ3n) is 3.78. The molecule has 8 heteroatoms. The zero-order chi connectivity index (χ0) is 16.8. The first kappa shape index (κ1) is 17.4. The summed E-state index contributed by atoms with van der Waals surface area (Å²) in [4.78, 5) is 19.1. The minimum atomic E-state index is -0.0157. The molecule has 6 nitrogen and oxygen atoms in total. The lowest BCUT2D eigenvalue weighted by Crippen LogP contribution is -2.39. The second-order valence-electron chi connectivity index (χ2n) is 5.63. The molecule has 3 rings (SSSR count). The normalized spacial score (nSPS) is 18.5. The number of ether oxygens (including phenoxy) is 1. The van der Waals surface area contributed by atoms with E-state index in [0.717, 1.165) is 28.8 Å². The highest BCUT2D eigenvalue weighted by atomic mass is 32.2. The molecule has 1 saturated heterocycles. The minimum Gasteiger partial charge on any atom is -0.374 e. The molecular weight excluding hydrogens is 344 g/mol. The summed E-state index contributed by atoms with van der Waals surface area (Å²) in [6, 6.07) is 1.90. The zero-order valence-electron chi connectivity index (χ0n) is 13.8. The van der Waals surface area contributed by atoms with Crippen LogP contribution in [-0.2, 0) is 22.5 Å². The molecular formula is C16H22N4O2S2. The number of hydrogen-bond donors (Lipinski definition) is 0. The summed E-state index contributed by atoms with van der Waals surface area (Å²) in [6.45, 7) is 4.82. The number of nitrogens with zero attached hydrogens (tertiary/aromatic N) is 4. The smallest absolute Gasteiger partial charge is 0.228 e. The van der Waals surface area contributed by atoms with Crippen molar-refractivity contribution in [2.45, 2.75) is 36.8 Å². The van der Waals surface area contributed by atoms with Crippen LogP contribution in [0.4, 0.5) is 0 Å². The van der Waals surface area contributed by atoms with E-state index in [2.05, 4.69) is 17.0 Å². The Kier molecular flexibility index (Phi) is 6.28. The molecule has 1 aliphatic rings. The van der Waals surface area contributed by atoms with Gasteiger partial charge in [0.1, 0.15) is 4.34 Å². The fourth-order valence-corrected chi connectivity index (χ4v) is 4.42. The van der Waals surface area contributed by atoms with Gasteiger partial charge in [-0.15, -0.1) is 11.3 Å². The molecule has 1 amide bonds. The van der Waals surface area contributed by atoms with E-state index in [-0.39, 0.29) is 12.0 Å². The van der Waals surface area contributed by atoms with Gasteiger partial charge in [-0.25, -0.2) is 4.98 Å². The third kappa shape index (κ3) is 4.81. The van der Waals surface area contributed by atoms with Crippen molar-refractivity contribution < 1.29 is 9.53 Å². The monoisotopic (exact) mass is 366 g/mol. The van der Waals surface area contributed by atoms with Crippen LogP contribution in [0.1, 0.15) is 19.0 Å². The Bertz CT molecular complexity index is 644. The van der Waals surface area contributed by atoms with Gasteiger partial charge in [0.2, 0.25) is 5.91 Å². The lowest BCUT2D eigenvalue weighted by Gasteiger charge is -2.23. The van der Waals surface area contributed by atoms with Crippen LogP contribution in [0.5, 0.6) is 0 Å². The third-order valence-corrected chi connectivity index (χ3v) is 5.74. The zero-order valence-corrected chi connectivity index (χ0v) is 15.4. The van der Waals surface area contributed by atoms with E-state index in [1.165, 1.54) is 0 Å². The first-order chi connectivity index (χ1) is 11.7. The average molecular weight is 367 g/mol. The second kappa shape index (κ2) is 8.64. The number of thiazole rings is 1. The number of amides is 1. The molecule has 2 aromatic rings. The first-order valence-electron chi connectivity index (χ1n) is 8.18. The van der Waals surface area contributed by atoms with Gasteiger partial charge in [0, 0.05) is 37.5 Å². The molecule has 1 aliphatic heterocycles. The molecule has 0 saturated carbocycles. The molecule has 1 atom stereocenters. The molecule has 0 bridgehead atoms. The molecule has 2 aromatic heterocycles. The molecule has 3 heterocycles. The average Bonchev–Trinajstić information content (AvgIpc) is 3.16. The Morgan fingerprint density at radius 3 is 3.25 bits per heavy atom. The van der Waals surface area contributed by atoms with Gasteiger partial charge < -0.3 is 9.64 Å². The lowest BCUT2D eigenvalue weighted by atomic mass is 10.2. The SMILES string of the molecule is CCSc1nc(CC(=O)N2CCCOC(Cn3cccn3)C2)cs1. The Labute approximate surface area is 150 Å². The number of carbonyl (C=O) groups is 1. The Morgan fingerprint density at radius 1 is 1.54 bits per heavy atom. The molecule has 130 valence electrons. The largest absolute Gasteiger partial charge is 0.374 e. The van der Waals surface area contributed by atoms with Crippen molar-refractivity contribution in [1.29, 1.82) is 0 Å². The quantitative estimate of drug-likeness (QED) is 0.734. The van der Waals surface area contributed by atoms with Crippen LogP contribution in [0.3, 0.4) is 0 Å². The summed E-state index contributed by atoms with van der Waals surface area (Å²) >= 11 is 3.33. The van der Waals surface area contributed by atoms with Crippen molar-refractivity contribution in [1.82, 2.24) is 19.7 Å². The summed E-state index contributed by atoms with van der Waals surface area (Å²) in [7, 11) is 0. The van der Waals surface area contributed by atoms with Crippen LogP contribution in [0, 0.1) is 0 Å². The molecule has 0 spiro atoms. The maximum atomic E-state index is 12.6. The van der Waals surface area contributed by atoms with Gasteiger partial charge in [-0.1, -0.05) is 18.7 Å². The highest BCUT2D eigenvalue weighted by Gasteiger charge is 2.23. The first-order valence-corrected chi connectivity index (χ1v) is 10.0. The molecule has 0 aliphatic carbocycles. The maximum Gasteiger partial charge on any atom is 0.228 e. The number of carbonyl (C=O) groups excluding carboxylic acids is 1. The van der Waals surface area contributed by atoms with E-state index in [0.29, 0.717) is 26.1 Å². The van der Waals surface area contributed by atoms with Crippen molar-refractivity contribution in [3.63, 3.8) is 0 Å². The van der Waals surface area contributed by atoms with Crippen LogP contribution in [0.25, 0.3) is 0 Å². The van der Waals surface area contributed by atoms with E-state index in [1.807, 2.05) is 27.2 Å². The Balaban J connectivity index is 1.57. The highest BCUT2D eigenvalue weighted by molar-refractivity contribution is 8.00. The summed E-state index contributed by atoms with van der Waals surface area (Å²) in [6.07, 6.45) is 4.90. The van der Waals surface area contributed by atoms with Gasteiger partial charge in [-0.2, -0.15) is 5.10 Å². The van der Waals surface area contributed by atoms with E-state index in [1.54, 1.807) is 29.3 Å². The lowest BCUT2D eigenvalue weighted by molar-refractivity contribution is -0.131. The van der Waals surface area contributed by atoms with Crippen LogP contribution in [-0.4, -0.2) is 57.1 Å². The summed E-state index contributed by atoms with van der Waals surface area (Å²) in [5.74, 6) is 1.13.